The second-order valence-corrected chi connectivity index (χ2v) is 7.85. The number of nitrogens with zero attached hydrogens (tertiary/aromatic N) is 2. The minimum atomic E-state index is -0.484. The van der Waals surface area contributed by atoms with E-state index in [-0.39, 0.29) is 0 Å². The molecule has 0 bridgehead atoms. The van der Waals surface area contributed by atoms with E-state index in [2.05, 4.69) is 102 Å². The van der Waals surface area contributed by atoms with E-state index in [1.54, 1.807) is 0 Å². The van der Waals surface area contributed by atoms with Gasteiger partial charge >= 0.3 is 0 Å². The first-order chi connectivity index (χ1) is 14.3. The van der Waals surface area contributed by atoms with E-state index in [9.17, 15) is 0 Å². The Morgan fingerprint density at radius 3 is 1.69 bits per heavy atom. The van der Waals surface area contributed by atoms with E-state index in [1.807, 2.05) is 6.33 Å². The first kappa shape index (κ1) is 17.9. The fourth-order valence-electron chi connectivity index (χ4n) is 4.57. The normalized spacial score (nSPS) is 18.5. The van der Waals surface area contributed by atoms with E-state index >= 15 is 0 Å². The van der Waals surface area contributed by atoms with Crippen LogP contribution < -0.4 is 5.73 Å². The highest BCUT2D eigenvalue weighted by Gasteiger charge is 2.42. The lowest BCUT2D eigenvalue weighted by Gasteiger charge is -2.37. The lowest BCUT2D eigenvalue weighted by Crippen LogP contribution is -2.36. The van der Waals surface area contributed by atoms with Gasteiger partial charge in [0.05, 0.1) is 12.0 Å². The third-order valence-corrected chi connectivity index (χ3v) is 6.17. The van der Waals surface area contributed by atoms with E-state index in [0.717, 1.165) is 18.7 Å². The first-order valence-corrected chi connectivity index (χ1v) is 10.2. The summed E-state index contributed by atoms with van der Waals surface area (Å²) < 4.78 is 2.29. The van der Waals surface area contributed by atoms with Crippen molar-refractivity contribution in [2.75, 3.05) is 6.54 Å². The van der Waals surface area contributed by atoms with Crippen molar-refractivity contribution >= 4 is 0 Å². The Hall–Kier alpha value is -3.17. The van der Waals surface area contributed by atoms with Crippen LogP contribution >= 0.6 is 0 Å². The third kappa shape index (κ3) is 2.99. The lowest BCUT2D eigenvalue weighted by molar-refractivity contribution is 0.514. The second kappa shape index (κ2) is 7.34. The Morgan fingerprint density at radius 1 is 0.793 bits per heavy atom. The van der Waals surface area contributed by atoms with Gasteiger partial charge in [0.2, 0.25) is 0 Å². The largest absolute Gasteiger partial charge is 0.330 e. The van der Waals surface area contributed by atoms with Crippen LogP contribution in [0.4, 0.5) is 0 Å². The number of benzene rings is 3. The first-order valence-electron chi connectivity index (χ1n) is 10.2. The fourth-order valence-corrected chi connectivity index (χ4v) is 4.57. The number of rotatable bonds is 6. The average molecular weight is 380 g/mol. The Kier molecular flexibility index (Phi) is 4.53. The Morgan fingerprint density at radius 2 is 1.28 bits per heavy atom. The van der Waals surface area contributed by atoms with Gasteiger partial charge in [-0.15, -0.1) is 0 Å². The summed E-state index contributed by atoms with van der Waals surface area (Å²) in [6, 6.07) is 32.1. The zero-order chi connectivity index (χ0) is 19.7. The molecule has 1 aromatic heterocycles. The Labute approximate surface area is 171 Å². The summed E-state index contributed by atoms with van der Waals surface area (Å²) in [5.41, 5.74) is 10.2. The highest BCUT2D eigenvalue weighted by Crippen LogP contribution is 2.47. The van der Waals surface area contributed by atoms with Crippen molar-refractivity contribution in [1.29, 1.82) is 0 Å². The third-order valence-electron chi connectivity index (χ3n) is 6.17. The van der Waals surface area contributed by atoms with Crippen LogP contribution in [0.3, 0.4) is 0 Å². The molecule has 1 aliphatic carbocycles. The van der Waals surface area contributed by atoms with Crippen LogP contribution in [0.1, 0.15) is 34.7 Å². The molecular formula is C26H25N3. The maximum atomic E-state index is 5.89. The van der Waals surface area contributed by atoms with Gasteiger partial charge in [-0.25, -0.2) is 4.98 Å². The van der Waals surface area contributed by atoms with Gasteiger partial charge < -0.3 is 10.3 Å². The van der Waals surface area contributed by atoms with Gasteiger partial charge in [-0.05, 0) is 35.6 Å². The van der Waals surface area contributed by atoms with Crippen molar-refractivity contribution in [1.82, 2.24) is 9.55 Å². The number of hydrogen-bond donors (Lipinski definition) is 1. The molecule has 4 aromatic rings. The monoisotopic (exact) mass is 379 g/mol. The lowest BCUT2D eigenvalue weighted by atomic mass is 9.77. The van der Waals surface area contributed by atoms with Crippen LogP contribution in [0.2, 0.25) is 0 Å². The van der Waals surface area contributed by atoms with E-state index in [4.69, 9.17) is 10.7 Å². The van der Waals surface area contributed by atoms with Gasteiger partial charge in [0.15, 0.2) is 0 Å². The maximum Gasteiger partial charge on any atom is 0.121 e. The topological polar surface area (TPSA) is 43.8 Å². The molecule has 29 heavy (non-hydrogen) atoms. The predicted molar refractivity (Wildman–Crippen MR) is 117 cm³/mol. The molecule has 1 aliphatic rings. The minimum Gasteiger partial charge on any atom is -0.330 e. The number of imidazole rings is 1. The van der Waals surface area contributed by atoms with Gasteiger partial charge in [0.1, 0.15) is 5.54 Å². The van der Waals surface area contributed by atoms with Gasteiger partial charge in [0.25, 0.3) is 0 Å². The Balaban J connectivity index is 1.77. The van der Waals surface area contributed by atoms with E-state index in [0.29, 0.717) is 11.8 Å². The summed E-state index contributed by atoms with van der Waals surface area (Å²) in [4.78, 5) is 4.83. The van der Waals surface area contributed by atoms with Gasteiger partial charge in [-0.1, -0.05) is 91.0 Å². The SMILES string of the molecule is NCC1CC1c1cn(C(c2ccccc2)(c2ccccc2)c2ccccc2)cn1. The fraction of sp³-hybridized carbons (Fsp3) is 0.192. The minimum absolute atomic E-state index is 0.484. The molecule has 5 rings (SSSR count). The summed E-state index contributed by atoms with van der Waals surface area (Å²) in [6.07, 6.45) is 5.37. The molecule has 2 N–H and O–H groups in total. The smallest absolute Gasteiger partial charge is 0.121 e. The van der Waals surface area contributed by atoms with Gasteiger partial charge in [-0.2, -0.15) is 0 Å². The molecule has 1 heterocycles. The number of aromatic nitrogens is 2. The molecule has 0 amide bonds. The molecule has 2 unspecified atom stereocenters. The second-order valence-electron chi connectivity index (χ2n) is 7.85. The molecule has 2 atom stereocenters. The molecule has 0 radical (unpaired) electrons. The number of nitrogens with two attached hydrogens (primary N) is 1. The summed E-state index contributed by atoms with van der Waals surface area (Å²) in [5, 5.41) is 0. The molecule has 0 aliphatic heterocycles. The molecule has 3 aromatic carbocycles. The van der Waals surface area contributed by atoms with Gasteiger partial charge in [0, 0.05) is 12.1 Å². The average Bonchev–Trinajstić information content (AvgIpc) is 3.44. The van der Waals surface area contributed by atoms with Crippen molar-refractivity contribution in [2.24, 2.45) is 11.7 Å². The van der Waals surface area contributed by atoms with E-state index < -0.39 is 5.54 Å². The molecular weight excluding hydrogens is 354 g/mol. The van der Waals surface area contributed by atoms with Crippen molar-refractivity contribution in [3.63, 3.8) is 0 Å². The molecule has 144 valence electrons. The van der Waals surface area contributed by atoms with Crippen molar-refractivity contribution < 1.29 is 0 Å². The van der Waals surface area contributed by atoms with E-state index in [1.165, 1.54) is 16.7 Å². The molecule has 0 saturated heterocycles. The molecule has 0 spiro atoms. The highest BCUT2D eigenvalue weighted by molar-refractivity contribution is 5.50. The van der Waals surface area contributed by atoms with Crippen molar-refractivity contribution in [3.05, 3.63) is 126 Å². The maximum absolute atomic E-state index is 5.89. The van der Waals surface area contributed by atoms with Crippen LogP contribution in [-0.4, -0.2) is 16.1 Å². The molecule has 3 heteroatoms. The summed E-state index contributed by atoms with van der Waals surface area (Å²) in [5.74, 6) is 1.05. The van der Waals surface area contributed by atoms with Crippen LogP contribution in [-0.2, 0) is 5.54 Å². The van der Waals surface area contributed by atoms with Gasteiger partial charge in [-0.3, -0.25) is 0 Å². The molecule has 1 saturated carbocycles. The molecule has 1 fully saturated rings. The molecule has 3 nitrogen and oxygen atoms in total. The van der Waals surface area contributed by atoms with Crippen LogP contribution in [0.15, 0.2) is 104 Å². The summed E-state index contributed by atoms with van der Waals surface area (Å²) >= 11 is 0. The summed E-state index contributed by atoms with van der Waals surface area (Å²) in [7, 11) is 0. The van der Waals surface area contributed by atoms with Crippen molar-refractivity contribution in [2.45, 2.75) is 17.9 Å². The van der Waals surface area contributed by atoms with Crippen LogP contribution in [0.25, 0.3) is 0 Å². The van der Waals surface area contributed by atoms with Crippen molar-refractivity contribution in [3.8, 4) is 0 Å². The zero-order valence-corrected chi connectivity index (χ0v) is 16.4. The quantitative estimate of drug-likeness (QED) is 0.490. The predicted octanol–water partition coefficient (Wildman–Crippen LogP) is 4.79. The van der Waals surface area contributed by atoms with Crippen LogP contribution in [0.5, 0.6) is 0 Å². The standard InChI is InChI=1S/C26H25N3/c27-17-20-16-24(20)25-18-29(19-28-25)26(21-10-4-1-5-11-21,22-12-6-2-7-13-22)23-14-8-3-9-15-23/h1-15,18-20,24H,16-17,27H2. The van der Waals surface area contributed by atoms with Crippen LogP contribution in [0, 0.1) is 5.92 Å². The Bertz CT molecular complexity index is 974. The summed E-state index contributed by atoms with van der Waals surface area (Å²) in [6.45, 7) is 0.735. The zero-order valence-electron chi connectivity index (χ0n) is 16.4. The number of hydrogen-bond acceptors (Lipinski definition) is 2. The highest BCUT2D eigenvalue weighted by atomic mass is 15.1.